The van der Waals surface area contributed by atoms with Gasteiger partial charge in [-0.3, -0.25) is 5.73 Å². The standard InChI is InChI=1S/C19H21N5O/c1-4-24(5-2)14-9-7-13(8-10-14)17-15(11-20)18(22)23-19(25-6-3)16(17)12-21/h7-10H,4-6H2,1-3H3,(H2,22,23)/p+1. The van der Waals surface area contributed by atoms with Crippen molar-refractivity contribution < 1.29 is 9.72 Å². The summed E-state index contributed by atoms with van der Waals surface area (Å²) in [5.41, 5.74) is 8.84. The van der Waals surface area contributed by atoms with Crippen molar-refractivity contribution in [3.05, 3.63) is 35.4 Å². The average Bonchev–Trinajstić information content (AvgIpc) is 2.63. The lowest BCUT2D eigenvalue weighted by Crippen LogP contribution is -2.21. The quantitative estimate of drug-likeness (QED) is 0.874. The topological polar surface area (TPSA) is 100 Å². The van der Waals surface area contributed by atoms with Crippen LogP contribution in [0.3, 0.4) is 0 Å². The van der Waals surface area contributed by atoms with Crippen molar-refractivity contribution in [3.63, 3.8) is 0 Å². The number of aromatic nitrogens is 1. The van der Waals surface area contributed by atoms with Gasteiger partial charge in [0.05, 0.1) is 6.61 Å². The van der Waals surface area contributed by atoms with Gasteiger partial charge in [-0.2, -0.15) is 10.5 Å². The van der Waals surface area contributed by atoms with Gasteiger partial charge in [-0.25, -0.2) is 4.98 Å². The van der Waals surface area contributed by atoms with Crippen molar-refractivity contribution in [1.82, 2.24) is 0 Å². The fraction of sp³-hybridized carbons (Fsp3) is 0.316. The van der Waals surface area contributed by atoms with Crippen molar-refractivity contribution in [1.29, 1.82) is 10.5 Å². The minimum Gasteiger partial charge on any atom is -0.462 e. The molecule has 0 aliphatic heterocycles. The SMILES string of the molecule is CCOc1[nH+]c(N)c(C#N)c(-c2ccc(N(CC)CC)cc2)c1C#N. The highest BCUT2D eigenvalue weighted by molar-refractivity contribution is 5.81. The Morgan fingerprint density at radius 1 is 1.04 bits per heavy atom. The number of nitrogens with two attached hydrogens (primary N) is 1. The Labute approximate surface area is 148 Å². The molecule has 0 radical (unpaired) electrons. The van der Waals surface area contributed by atoms with Crippen LogP contribution in [0.4, 0.5) is 11.5 Å². The molecular formula is C19H22N5O+. The molecule has 0 fully saturated rings. The Hall–Kier alpha value is -3.25. The van der Waals surface area contributed by atoms with Gasteiger partial charge in [0, 0.05) is 24.3 Å². The number of anilines is 2. The number of nitriles is 2. The summed E-state index contributed by atoms with van der Waals surface area (Å²) >= 11 is 0. The highest BCUT2D eigenvalue weighted by Crippen LogP contribution is 2.33. The minimum atomic E-state index is 0.188. The van der Waals surface area contributed by atoms with E-state index in [1.165, 1.54) is 0 Å². The third-order valence-corrected chi connectivity index (χ3v) is 4.04. The van der Waals surface area contributed by atoms with E-state index in [1.54, 1.807) is 0 Å². The predicted octanol–water partition coefficient (Wildman–Crippen LogP) is 2.74. The van der Waals surface area contributed by atoms with Crippen molar-refractivity contribution in [2.24, 2.45) is 0 Å². The molecule has 2 aromatic rings. The number of nitrogens with one attached hydrogen (secondary N) is 1. The van der Waals surface area contributed by atoms with Crippen molar-refractivity contribution in [2.45, 2.75) is 20.8 Å². The molecule has 0 saturated carbocycles. The Kier molecular flexibility index (Phi) is 5.81. The van der Waals surface area contributed by atoms with Crippen LogP contribution in [0.15, 0.2) is 24.3 Å². The molecule has 6 nitrogen and oxygen atoms in total. The number of pyridine rings is 1. The van der Waals surface area contributed by atoms with Gasteiger partial charge >= 0.3 is 5.88 Å². The number of nitrogen functional groups attached to an aromatic ring is 1. The summed E-state index contributed by atoms with van der Waals surface area (Å²) in [6, 6.07) is 12.0. The highest BCUT2D eigenvalue weighted by atomic mass is 16.5. The second-order valence-corrected chi connectivity index (χ2v) is 5.37. The van der Waals surface area contributed by atoms with Crippen LogP contribution >= 0.6 is 0 Å². The lowest BCUT2D eigenvalue weighted by molar-refractivity contribution is -0.377. The minimum absolute atomic E-state index is 0.188. The van der Waals surface area contributed by atoms with Crippen molar-refractivity contribution >= 4 is 11.5 Å². The molecule has 0 aliphatic rings. The molecule has 3 N–H and O–H groups in total. The van der Waals surface area contributed by atoms with Crippen LogP contribution in [0.5, 0.6) is 5.88 Å². The second-order valence-electron chi connectivity index (χ2n) is 5.37. The zero-order valence-corrected chi connectivity index (χ0v) is 14.8. The largest absolute Gasteiger partial charge is 0.462 e. The summed E-state index contributed by atoms with van der Waals surface area (Å²) < 4.78 is 5.49. The van der Waals surface area contributed by atoms with Gasteiger partial charge in [0.15, 0.2) is 5.56 Å². The molecule has 128 valence electrons. The highest BCUT2D eigenvalue weighted by Gasteiger charge is 2.24. The summed E-state index contributed by atoms with van der Waals surface area (Å²) in [5, 5.41) is 19.1. The third-order valence-electron chi connectivity index (χ3n) is 4.04. The molecule has 0 bridgehead atoms. The predicted molar refractivity (Wildman–Crippen MR) is 97.0 cm³/mol. The van der Waals surface area contributed by atoms with Gasteiger partial charge in [-0.05, 0) is 38.5 Å². The first kappa shape index (κ1) is 18.1. The van der Waals surface area contributed by atoms with E-state index in [4.69, 9.17) is 10.5 Å². The van der Waals surface area contributed by atoms with Gasteiger partial charge in [0.25, 0.3) is 5.82 Å². The molecule has 1 aromatic carbocycles. The van der Waals surface area contributed by atoms with E-state index in [-0.39, 0.29) is 22.8 Å². The number of hydrogen-bond acceptors (Lipinski definition) is 5. The molecule has 0 unspecified atom stereocenters. The molecule has 0 amide bonds. The maximum Gasteiger partial charge on any atom is 0.301 e. The van der Waals surface area contributed by atoms with Gasteiger partial charge in [0.2, 0.25) is 0 Å². The van der Waals surface area contributed by atoms with Crippen LogP contribution in [0.25, 0.3) is 11.1 Å². The maximum absolute atomic E-state index is 9.61. The number of H-pyrrole nitrogens is 1. The third kappa shape index (κ3) is 3.49. The van der Waals surface area contributed by atoms with E-state index in [1.807, 2.05) is 31.2 Å². The van der Waals surface area contributed by atoms with E-state index >= 15 is 0 Å². The van der Waals surface area contributed by atoms with E-state index in [0.717, 1.165) is 24.3 Å². The first-order valence-corrected chi connectivity index (χ1v) is 8.28. The van der Waals surface area contributed by atoms with E-state index in [0.29, 0.717) is 12.2 Å². The Bertz CT molecular complexity index is 827. The zero-order chi connectivity index (χ0) is 18.4. The van der Waals surface area contributed by atoms with E-state index < -0.39 is 0 Å². The molecule has 25 heavy (non-hydrogen) atoms. The van der Waals surface area contributed by atoms with Crippen molar-refractivity contribution in [2.75, 3.05) is 30.3 Å². The monoisotopic (exact) mass is 336 g/mol. The first-order chi connectivity index (χ1) is 12.1. The zero-order valence-electron chi connectivity index (χ0n) is 14.8. The number of nitrogens with zero attached hydrogens (tertiary/aromatic N) is 3. The van der Waals surface area contributed by atoms with Crippen LogP contribution in [-0.2, 0) is 0 Å². The summed E-state index contributed by atoms with van der Waals surface area (Å²) in [6.45, 7) is 8.22. The fourth-order valence-corrected chi connectivity index (χ4v) is 2.81. The van der Waals surface area contributed by atoms with Crippen LogP contribution < -0.4 is 20.4 Å². The molecule has 6 heteroatoms. The van der Waals surface area contributed by atoms with Gasteiger partial charge in [-0.15, -0.1) is 0 Å². The summed E-state index contributed by atoms with van der Waals surface area (Å²) in [5.74, 6) is 0.470. The van der Waals surface area contributed by atoms with E-state index in [2.05, 4.69) is 35.9 Å². The van der Waals surface area contributed by atoms with Gasteiger partial charge < -0.3 is 9.64 Å². The summed E-state index contributed by atoms with van der Waals surface area (Å²) in [4.78, 5) is 5.03. The lowest BCUT2D eigenvalue weighted by atomic mass is 9.96. The second kappa shape index (κ2) is 8.03. The molecule has 2 rings (SSSR count). The normalized spacial score (nSPS) is 9.96. The Morgan fingerprint density at radius 2 is 1.64 bits per heavy atom. The molecular weight excluding hydrogens is 314 g/mol. The molecule has 0 spiro atoms. The van der Waals surface area contributed by atoms with E-state index in [9.17, 15) is 10.5 Å². The smallest absolute Gasteiger partial charge is 0.301 e. The summed E-state index contributed by atoms with van der Waals surface area (Å²) in [6.07, 6.45) is 0. The van der Waals surface area contributed by atoms with Crippen LogP contribution in [0.2, 0.25) is 0 Å². The summed E-state index contributed by atoms with van der Waals surface area (Å²) in [7, 11) is 0. The molecule has 0 atom stereocenters. The molecule has 1 aromatic heterocycles. The van der Waals surface area contributed by atoms with Crippen molar-refractivity contribution in [3.8, 4) is 29.1 Å². The van der Waals surface area contributed by atoms with Crippen LogP contribution in [0, 0.1) is 22.7 Å². The number of rotatable bonds is 6. The number of ether oxygens (including phenoxy) is 1. The van der Waals surface area contributed by atoms with Crippen LogP contribution in [-0.4, -0.2) is 19.7 Å². The molecule has 0 aliphatic carbocycles. The maximum atomic E-state index is 9.61. The number of benzene rings is 1. The Balaban J connectivity index is 2.65. The van der Waals surface area contributed by atoms with Gasteiger partial charge in [-0.1, -0.05) is 12.1 Å². The number of hydrogen-bond donors (Lipinski definition) is 1. The number of aromatic amines is 1. The Morgan fingerprint density at radius 3 is 2.12 bits per heavy atom. The van der Waals surface area contributed by atoms with Crippen LogP contribution in [0.1, 0.15) is 31.9 Å². The lowest BCUT2D eigenvalue weighted by Gasteiger charge is -2.21. The van der Waals surface area contributed by atoms with Gasteiger partial charge in [0.1, 0.15) is 17.7 Å². The molecule has 0 saturated heterocycles. The fourth-order valence-electron chi connectivity index (χ4n) is 2.81. The molecule has 1 heterocycles. The first-order valence-electron chi connectivity index (χ1n) is 8.28. The average molecular weight is 336 g/mol.